The summed E-state index contributed by atoms with van der Waals surface area (Å²) in [4.78, 5) is 53.5. The number of anilines is 1. The lowest BCUT2D eigenvalue weighted by atomic mass is 9.47. The molecule has 0 amide bonds. The number of nitrogens with one attached hydrogen (secondary N) is 1. The molecule has 14 nitrogen and oxygen atoms in total. The number of ether oxygens (including phenoxy) is 4. The van der Waals surface area contributed by atoms with Gasteiger partial charge in [-0.15, -0.1) is 0 Å². The topological polar surface area (TPSA) is 152 Å². The molecule has 5 aliphatic heterocycles. The van der Waals surface area contributed by atoms with Crippen LogP contribution in [0, 0.1) is 23.2 Å². The molecule has 376 valence electrons. The maximum absolute atomic E-state index is 15.7. The zero-order valence-electron chi connectivity index (χ0n) is 41.9. The molecule has 0 radical (unpaired) electrons. The third-order valence-electron chi connectivity index (χ3n) is 17.6. The van der Waals surface area contributed by atoms with Crippen LogP contribution in [0.4, 0.5) is 14.5 Å². The summed E-state index contributed by atoms with van der Waals surface area (Å²) in [7, 11) is 5.98. The van der Waals surface area contributed by atoms with Crippen LogP contribution in [0.25, 0.3) is 22.0 Å². The van der Waals surface area contributed by atoms with E-state index in [4.69, 9.17) is 18.9 Å². The average molecular weight is 967 g/mol. The van der Waals surface area contributed by atoms with E-state index in [1.807, 2.05) is 60.1 Å². The number of likely N-dealkylation sites (N-methyl/N-ethyl adjacent to an activating group) is 1. The summed E-state index contributed by atoms with van der Waals surface area (Å²) in [6, 6.07) is 8.76. The highest BCUT2D eigenvalue weighted by atomic mass is 19.3. The number of methoxy groups -OCH3 is 3. The summed E-state index contributed by atoms with van der Waals surface area (Å²) in [5, 5.41) is 19.1. The van der Waals surface area contributed by atoms with Gasteiger partial charge in [-0.25, -0.2) is 13.6 Å². The van der Waals surface area contributed by atoms with Crippen molar-refractivity contribution in [2.24, 2.45) is 23.2 Å². The van der Waals surface area contributed by atoms with Gasteiger partial charge in [-0.1, -0.05) is 39.0 Å². The van der Waals surface area contributed by atoms with Crippen molar-refractivity contribution in [3.8, 4) is 16.9 Å². The summed E-state index contributed by atoms with van der Waals surface area (Å²) in [6.07, 6.45) is 9.32. The minimum Gasteiger partial charge on any atom is -0.496 e. The molecule has 7 heterocycles. The van der Waals surface area contributed by atoms with Crippen LogP contribution in [0.15, 0.2) is 54.9 Å². The highest BCUT2D eigenvalue weighted by molar-refractivity contribution is 5.96. The van der Waals surface area contributed by atoms with Crippen LogP contribution < -0.4 is 9.64 Å². The number of H-pyrrole nitrogens is 1. The number of carbonyl (C=O) groups excluding carboxylic acids is 3. The predicted molar refractivity (Wildman–Crippen MR) is 260 cm³/mol. The maximum atomic E-state index is 15.7. The molecule has 2 bridgehead atoms. The van der Waals surface area contributed by atoms with Gasteiger partial charge >= 0.3 is 17.9 Å². The van der Waals surface area contributed by atoms with E-state index in [2.05, 4.69) is 52.1 Å². The molecule has 2 saturated heterocycles. The van der Waals surface area contributed by atoms with Gasteiger partial charge in [0.15, 0.2) is 6.10 Å². The van der Waals surface area contributed by atoms with Crippen molar-refractivity contribution >= 4 is 34.5 Å². The van der Waals surface area contributed by atoms with Gasteiger partial charge in [-0.05, 0) is 98.7 Å². The molecular formula is C54H68F2N6O8. The van der Waals surface area contributed by atoms with Gasteiger partial charge < -0.3 is 38.8 Å². The molecule has 1 aliphatic carbocycles. The fourth-order valence-electron chi connectivity index (χ4n) is 14.7. The van der Waals surface area contributed by atoms with Crippen LogP contribution in [0.1, 0.15) is 89.1 Å². The first kappa shape index (κ1) is 48.3. The van der Waals surface area contributed by atoms with Crippen molar-refractivity contribution in [1.82, 2.24) is 24.6 Å². The van der Waals surface area contributed by atoms with Gasteiger partial charge in [0.2, 0.25) is 11.5 Å². The van der Waals surface area contributed by atoms with Gasteiger partial charge in [0.25, 0.3) is 0 Å². The minimum atomic E-state index is -2.96. The first-order chi connectivity index (χ1) is 33.3. The number of carbonyl (C=O) groups is 3. The Balaban J connectivity index is 1.24. The number of halogens is 2. The first-order valence-electron chi connectivity index (χ1n) is 25.0. The molecule has 1 spiro atoms. The van der Waals surface area contributed by atoms with Crippen LogP contribution in [0.3, 0.4) is 0 Å². The molecule has 1 saturated carbocycles. The Morgan fingerprint density at radius 3 is 2.47 bits per heavy atom. The van der Waals surface area contributed by atoms with E-state index >= 15 is 13.6 Å². The van der Waals surface area contributed by atoms with Crippen LogP contribution >= 0.6 is 0 Å². The molecular weight excluding hydrogens is 899 g/mol. The van der Waals surface area contributed by atoms with Crippen molar-refractivity contribution in [1.29, 1.82) is 0 Å². The smallest absolute Gasteiger partial charge is 0.344 e. The van der Waals surface area contributed by atoms with Crippen molar-refractivity contribution in [2.75, 3.05) is 66.0 Å². The predicted octanol–water partition coefficient (Wildman–Crippen LogP) is 7.03. The molecule has 2 N–H and O–H groups in total. The molecule has 4 aromatic rings. The number of hydrogen-bond acceptors (Lipinski definition) is 12. The summed E-state index contributed by atoms with van der Waals surface area (Å²) >= 11 is 0. The highest BCUT2D eigenvalue weighted by Gasteiger charge is 2.80. The van der Waals surface area contributed by atoms with Crippen molar-refractivity contribution < 1.29 is 47.2 Å². The van der Waals surface area contributed by atoms with E-state index in [0.717, 1.165) is 53.0 Å². The monoisotopic (exact) mass is 967 g/mol. The Morgan fingerprint density at radius 1 is 1.01 bits per heavy atom. The second kappa shape index (κ2) is 17.2. The standard InChI is InChI=1S/C54H68F2N6O8/c1-10-51-16-11-18-61-21-17-52(45(51)61)39-24-40(43(67-7)25-42(39)59(6)46(52)54(66,49(65)69-9)47(51)70-32(4)63)53(48(64)68-8)26-33-22-36(50(5,55)56)30-60(28-33)19-15-37-38-23-34(12-13-41(38)58-44(37)53)35-27-57-62(29-35)20-14-31(2)3/h11-13,16,23-25,27,29,31,33,36,45-47,58,66H,10,14-15,17-22,26,28,30H2,1-9H3/t33?,36?,45?,46?,47-,51-,52?,53-,54+/m0/s1. The number of alkyl halides is 2. The van der Waals surface area contributed by atoms with Crippen molar-refractivity contribution in [3.05, 3.63) is 77.3 Å². The molecule has 3 fully saturated rings. The number of esters is 3. The second-order valence-corrected chi connectivity index (χ2v) is 21.7. The normalized spacial score (nSPS) is 32.3. The van der Waals surface area contributed by atoms with E-state index in [1.165, 1.54) is 21.1 Å². The molecule has 70 heavy (non-hydrogen) atoms. The second-order valence-electron chi connectivity index (χ2n) is 21.7. The van der Waals surface area contributed by atoms with Crippen LogP contribution in [-0.2, 0) is 52.4 Å². The number of aromatic nitrogens is 3. The molecule has 2 aromatic carbocycles. The number of aryl methyl sites for hydroxylation is 1. The summed E-state index contributed by atoms with van der Waals surface area (Å²) in [6.45, 7) is 11.9. The molecule has 16 heteroatoms. The Hall–Kier alpha value is -5.32. The van der Waals surface area contributed by atoms with E-state index in [9.17, 15) is 14.7 Å². The Morgan fingerprint density at radius 2 is 1.79 bits per heavy atom. The van der Waals surface area contributed by atoms with Crippen LogP contribution in [-0.4, -0.2) is 138 Å². The number of hydrogen-bond donors (Lipinski definition) is 2. The largest absolute Gasteiger partial charge is 0.496 e. The zero-order valence-corrected chi connectivity index (χ0v) is 41.9. The summed E-state index contributed by atoms with van der Waals surface area (Å²) in [5.41, 5.74) is 0.118. The molecule has 6 aliphatic rings. The third-order valence-corrected chi connectivity index (χ3v) is 17.6. The number of rotatable bonds is 11. The molecule has 10 atom stereocenters. The summed E-state index contributed by atoms with van der Waals surface area (Å²) < 4.78 is 57.3. The average Bonchev–Trinajstić information content (AvgIpc) is 4.12. The van der Waals surface area contributed by atoms with Crippen LogP contribution in [0.2, 0.25) is 0 Å². The van der Waals surface area contributed by atoms with E-state index < -0.39 is 63.7 Å². The SMILES string of the molecule is CC[C@@]12C=CCN3CCC4(c5cc([C@@]6(C(=O)OC)CC7CC(C(C)(F)F)CN(CCc8c6[nH]c6ccc(-c9cnn(CCC(C)C)c9)cc86)C7)c(OC)cc5N(C)C4[C@](O)(C(=O)OC)[C@H]1OC(C)=O)C32. The Kier molecular flexibility index (Phi) is 11.9. The molecule has 2 aromatic heterocycles. The van der Waals surface area contributed by atoms with Gasteiger partial charge in [0.1, 0.15) is 11.2 Å². The van der Waals surface area contributed by atoms with Crippen LogP contribution in [0.5, 0.6) is 5.75 Å². The quantitative estimate of drug-likeness (QED) is 0.0903. The number of aromatic amines is 1. The van der Waals surface area contributed by atoms with E-state index in [1.54, 1.807) is 7.11 Å². The van der Waals surface area contributed by atoms with Gasteiger partial charge in [-0.3, -0.25) is 19.2 Å². The summed E-state index contributed by atoms with van der Waals surface area (Å²) in [5.74, 6) is -5.53. The van der Waals surface area contributed by atoms with E-state index in [0.29, 0.717) is 74.1 Å². The fraction of sp³-hybridized carbons (Fsp3) is 0.593. The van der Waals surface area contributed by atoms with Crippen molar-refractivity contribution in [3.63, 3.8) is 0 Å². The van der Waals surface area contributed by atoms with Gasteiger partial charge in [0.05, 0.1) is 33.6 Å². The minimum absolute atomic E-state index is 0.122. The molecule has 6 unspecified atom stereocenters. The first-order valence-corrected chi connectivity index (χ1v) is 25.0. The lowest BCUT2D eigenvalue weighted by Crippen LogP contribution is -2.81. The van der Waals surface area contributed by atoms with Gasteiger partial charge in [0, 0.05) is 115 Å². The van der Waals surface area contributed by atoms with E-state index in [-0.39, 0.29) is 31.3 Å². The Bertz CT molecular complexity index is 2770. The number of aliphatic hydroxyl groups is 1. The molecule has 10 rings (SSSR count). The number of fused-ring (bicyclic) bond motifs is 6. The lowest BCUT2D eigenvalue weighted by molar-refractivity contribution is -0.228. The third kappa shape index (κ3) is 6.92. The fourth-order valence-corrected chi connectivity index (χ4v) is 14.7. The lowest BCUT2D eigenvalue weighted by Gasteiger charge is -2.63. The number of piperidine rings is 1. The maximum Gasteiger partial charge on any atom is 0.344 e. The Labute approximate surface area is 408 Å². The van der Waals surface area contributed by atoms with Crippen molar-refractivity contribution in [2.45, 2.75) is 120 Å². The number of nitrogens with zero attached hydrogens (tertiary/aromatic N) is 5. The highest BCUT2D eigenvalue weighted by Crippen LogP contribution is 2.68. The zero-order chi connectivity index (χ0) is 49.9. The number of benzene rings is 2. The van der Waals surface area contributed by atoms with Gasteiger partial charge in [-0.2, -0.15) is 5.10 Å².